The van der Waals surface area contributed by atoms with Crippen LogP contribution >= 0.6 is 0 Å². The van der Waals surface area contributed by atoms with Gasteiger partial charge in [-0.25, -0.2) is 19.6 Å². The summed E-state index contributed by atoms with van der Waals surface area (Å²) in [4.78, 5) is 34.0. The average molecular weight is 483 g/mol. The number of fused-ring (bicyclic) bond motifs is 2. The Bertz CT molecular complexity index is 1900. The van der Waals surface area contributed by atoms with E-state index in [1.807, 2.05) is 34.4 Å². The maximum absolute atomic E-state index is 12.5. The standard InChI is InChI=1S/C25H22N8O3/c1-29-13-26-11-22(29)23-28-18-8-16(14-10-27-30(2)12-14)17(24(34)35)9-20(18)33(23)15-5-6-19-21(7-15)32(4)25(36)31(19)3/h5-13H,1-4H3,(H,34,35). The summed E-state index contributed by atoms with van der Waals surface area (Å²) in [5, 5.41) is 14.3. The SMILES string of the molecule is Cn1cc(-c2cc3nc(-c4cncn4C)n(-c4ccc5c(c4)n(C)c(=O)n5C)c3cc2C(=O)O)cn1. The maximum Gasteiger partial charge on any atom is 0.336 e. The highest BCUT2D eigenvalue weighted by Crippen LogP contribution is 2.34. The van der Waals surface area contributed by atoms with E-state index in [-0.39, 0.29) is 11.3 Å². The van der Waals surface area contributed by atoms with Crippen LogP contribution in [0, 0.1) is 0 Å². The molecule has 6 aromatic rings. The number of aromatic carboxylic acids is 1. The van der Waals surface area contributed by atoms with Crippen molar-refractivity contribution in [1.82, 2.24) is 38.0 Å². The quantitative estimate of drug-likeness (QED) is 0.413. The zero-order valence-corrected chi connectivity index (χ0v) is 20.0. The Morgan fingerprint density at radius 1 is 0.944 bits per heavy atom. The lowest BCUT2D eigenvalue weighted by atomic mass is 10.0. The molecule has 2 aromatic carbocycles. The van der Waals surface area contributed by atoms with E-state index in [0.717, 1.165) is 22.4 Å². The number of carboxylic acids is 1. The van der Waals surface area contributed by atoms with Crippen LogP contribution in [0.15, 0.2) is 60.0 Å². The van der Waals surface area contributed by atoms with Gasteiger partial charge in [0.1, 0.15) is 5.69 Å². The number of benzene rings is 2. The van der Waals surface area contributed by atoms with Gasteiger partial charge in [0.25, 0.3) is 0 Å². The van der Waals surface area contributed by atoms with Gasteiger partial charge < -0.3 is 9.67 Å². The summed E-state index contributed by atoms with van der Waals surface area (Å²) >= 11 is 0. The molecule has 0 unspecified atom stereocenters. The highest BCUT2D eigenvalue weighted by molar-refractivity contribution is 6.02. The van der Waals surface area contributed by atoms with Gasteiger partial charge in [-0.3, -0.25) is 18.4 Å². The molecule has 6 rings (SSSR count). The van der Waals surface area contributed by atoms with E-state index in [1.54, 1.807) is 72.0 Å². The monoisotopic (exact) mass is 482 g/mol. The molecule has 0 fully saturated rings. The minimum absolute atomic E-state index is 0.126. The molecule has 4 aromatic heterocycles. The van der Waals surface area contributed by atoms with E-state index in [9.17, 15) is 14.7 Å². The molecule has 0 atom stereocenters. The molecule has 1 N–H and O–H groups in total. The van der Waals surface area contributed by atoms with Crippen LogP contribution in [0.3, 0.4) is 0 Å². The normalized spacial score (nSPS) is 11.7. The Labute approximate surface area is 204 Å². The van der Waals surface area contributed by atoms with E-state index < -0.39 is 5.97 Å². The molecule has 36 heavy (non-hydrogen) atoms. The van der Waals surface area contributed by atoms with Crippen LogP contribution in [0.25, 0.3) is 50.4 Å². The average Bonchev–Trinajstić information content (AvgIpc) is 3.61. The fourth-order valence-corrected chi connectivity index (χ4v) is 4.74. The van der Waals surface area contributed by atoms with Crippen molar-refractivity contribution in [2.75, 3.05) is 0 Å². The van der Waals surface area contributed by atoms with Gasteiger partial charge in [-0.05, 0) is 30.3 Å². The molecule has 11 heteroatoms. The van der Waals surface area contributed by atoms with Crippen molar-refractivity contribution in [3.05, 3.63) is 71.3 Å². The van der Waals surface area contributed by atoms with Crippen molar-refractivity contribution >= 4 is 28.0 Å². The molecule has 0 saturated carbocycles. The molecule has 0 saturated heterocycles. The van der Waals surface area contributed by atoms with Gasteiger partial charge in [-0.1, -0.05) is 0 Å². The summed E-state index contributed by atoms with van der Waals surface area (Å²) in [5.74, 6) is -0.448. The molecule has 11 nitrogen and oxygen atoms in total. The first-order valence-electron chi connectivity index (χ1n) is 11.2. The van der Waals surface area contributed by atoms with Gasteiger partial charge in [0.15, 0.2) is 5.82 Å². The van der Waals surface area contributed by atoms with Crippen molar-refractivity contribution < 1.29 is 9.90 Å². The van der Waals surface area contributed by atoms with Crippen LogP contribution in [-0.2, 0) is 28.2 Å². The molecule has 180 valence electrons. The first-order valence-corrected chi connectivity index (χ1v) is 11.2. The third-order valence-electron chi connectivity index (χ3n) is 6.60. The summed E-state index contributed by atoms with van der Waals surface area (Å²) in [6.45, 7) is 0. The number of aromatic nitrogens is 8. The zero-order valence-electron chi connectivity index (χ0n) is 20.0. The van der Waals surface area contributed by atoms with Gasteiger partial charge in [-0.15, -0.1) is 0 Å². The topological polar surface area (TPSA) is 118 Å². The van der Waals surface area contributed by atoms with E-state index in [4.69, 9.17) is 4.98 Å². The molecular formula is C25H22N8O3. The number of imidazole rings is 3. The highest BCUT2D eigenvalue weighted by atomic mass is 16.4. The van der Waals surface area contributed by atoms with Crippen LogP contribution < -0.4 is 5.69 Å². The molecule has 0 aliphatic heterocycles. The number of carbonyl (C=O) groups is 1. The van der Waals surface area contributed by atoms with Crippen LogP contribution in [0.2, 0.25) is 0 Å². The second-order valence-electron chi connectivity index (χ2n) is 8.83. The lowest BCUT2D eigenvalue weighted by Gasteiger charge is -2.11. The molecular weight excluding hydrogens is 460 g/mol. The van der Waals surface area contributed by atoms with Crippen molar-refractivity contribution in [2.24, 2.45) is 28.2 Å². The van der Waals surface area contributed by atoms with Crippen LogP contribution in [-0.4, -0.2) is 49.1 Å². The molecule has 0 aliphatic carbocycles. The number of hydrogen-bond acceptors (Lipinski definition) is 5. The van der Waals surface area contributed by atoms with Gasteiger partial charge in [-0.2, -0.15) is 5.10 Å². The van der Waals surface area contributed by atoms with Crippen molar-refractivity contribution in [3.63, 3.8) is 0 Å². The number of nitrogens with zero attached hydrogens (tertiary/aromatic N) is 8. The van der Waals surface area contributed by atoms with Gasteiger partial charge in [0, 0.05) is 51.2 Å². The fraction of sp³-hybridized carbons (Fsp3) is 0.160. The molecule has 0 amide bonds. The van der Waals surface area contributed by atoms with E-state index in [2.05, 4.69) is 10.1 Å². The summed E-state index contributed by atoms with van der Waals surface area (Å²) < 4.78 is 8.57. The summed E-state index contributed by atoms with van der Waals surface area (Å²) in [5.41, 5.74) is 5.53. The predicted molar refractivity (Wildman–Crippen MR) is 134 cm³/mol. The molecule has 4 heterocycles. The summed E-state index contributed by atoms with van der Waals surface area (Å²) in [6, 6.07) is 9.11. The Balaban J connectivity index is 1.71. The highest BCUT2D eigenvalue weighted by Gasteiger charge is 2.22. The van der Waals surface area contributed by atoms with Gasteiger partial charge >= 0.3 is 11.7 Å². The number of carboxylic acid groups (broad SMARTS) is 1. The van der Waals surface area contributed by atoms with Crippen LogP contribution in [0.4, 0.5) is 0 Å². The Morgan fingerprint density at radius 2 is 1.72 bits per heavy atom. The third-order valence-corrected chi connectivity index (χ3v) is 6.60. The van der Waals surface area contributed by atoms with Crippen molar-refractivity contribution in [3.8, 4) is 28.3 Å². The third kappa shape index (κ3) is 3.02. The van der Waals surface area contributed by atoms with Crippen molar-refractivity contribution in [1.29, 1.82) is 0 Å². The largest absolute Gasteiger partial charge is 0.478 e. The fourth-order valence-electron chi connectivity index (χ4n) is 4.74. The molecule has 0 radical (unpaired) electrons. The van der Waals surface area contributed by atoms with Gasteiger partial charge in [0.05, 0.1) is 46.4 Å². The summed E-state index contributed by atoms with van der Waals surface area (Å²) in [6.07, 6.45) is 6.81. The number of hydrogen-bond donors (Lipinski definition) is 1. The van der Waals surface area contributed by atoms with Crippen LogP contribution in [0.5, 0.6) is 0 Å². The first kappa shape index (κ1) is 21.6. The Hall–Kier alpha value is -4.93. The molecule has 0 bridgehead atoms. The molecule has 0 aliphatic rings. The minimum atomic E-state index is -1.05. The summed E-state index contributed by atoms with van der Waals surface area (Å²) in [7, 11) is 7.12. The Morgan fingerprint density at radius 3 is 2.39 bits per heavy atom. The van der Waals surface area contributed by atoms with E-state index in [1.165, 1.54) is 0 Å². The predicted octanol–water partition coefficient (Wildman–Crippen LogP) is 2.72. The Kier molecular flexibility index (Phi) is 4.52. The number of aryl methyl sites for hydroxylation is 4. The first-order chi connectivity index (χ1) is 17.2. The minimum Gasteiger partial charge on any atom is -0.478 e. The lowest BCUT2D eigenvalue weighted by molar-refractivity contribution is 0.0698. The number of rotatable bonds is 4. The zero-order chi connectivity index (χ0) is 25.3. The van der Waals surface area contributed by atoms with E-state index >= 15 is 0 Å². The van der Waals surface area contributed by atoms with Crippen LogP contribution in [0.1, 0.15) is 10.4 Å². The maximum atomic E-state index is 12.5. The van der Waals surface area contributed by atoms with E-state index in [0.29, 0.717) is 28.0 Å². The second-order valence-corrected chi connectivity index (χ2v) is 8.83. The smallest absolute Gasteiger partial charge is 0.336 e. The van der Waals surface area contributed by atoms with Gasteiger partial charge in [0.2, 0.25) is 0 Å². The lowest BCUT2D eigenvalue weighted by Crippen LogP contribution is -2.19. The molecule has 0 spiro atoms. The van der Waals surface area contributed by atoms with Crippen molar-refractivity contribution in [2.45, 2.75) is 0 Å². The second kappa shape index (κ2) is 7.54.